The molecule has 0 unspecified atom stereocenters. The van der Waals surface area contributed by atoms with Gasteiger partial charge in [0.25, 0.3) is 0 Å². The molecular formula is C23H27N5O. The molecule has 29 heavy (non-hydrogen) atoms. The highest BCUT2D eigenvalue weighted by molar-refractivity contribution is 5.92. The van der Waals surface area contributed by atoms with Gasteiger partial charge in [-0.05, 0) is 51.2 Å². The van der Waals surface area contributed by atoms with Crippen molar-refractivity contribution in [2.75, 3.05) is 20.1 Å². The number of carbonyl (C=O) groups excluding carboxylic acids is 1. The molecule has 0 saturated carbocycles. The summed E-state index contributed by atoms with van der Waals surface area (Å²) in [7, 11) is 2.05. The fourth-order valence-electron chi connectivity index (χ4n) is 2.79. The topological polar surface area (TPSA) is 63.1 Å². The third kappa shape index (κ3) is 5.62. The summed E-state index contributed by atoms with van der Waals surface area (Å²) in [6.07, 6.45) is 8.79. The van der Waals surface area contributed by atoms with Gasteiger partial charge in [-0.1, -0.05) is 18.2 Å². The molecule has 1 N–H and O–H groups in total. The van der Waals surface area contributed by atoms with Gasteiger partial charge < -0.3 is 10.2 Å². The number of nitrogens with one attached hydrogen (secondary N) is 1. The minimum absolute atomic E-state index is 0.119. The summed E-state index contributed by atoms with van der Waals surface area (Å²) in [5.74, 6) is -0.119. The number of hydrogen-bond donors (Lipinski definition) is 1. The first-order valence-corrected chi connectivity index (χ1v) is 9.76. The highest BCUT2D eigenvalue weighted by atomic mass is 16.1. The second-order valence-corrected chi connectivity index (χ2v) is 7.15. The van der Waals surface area contributed by atoms with E-state index in [4.69, 9.17) is 5.10 Å². The molecule has 0 aliphatic heterocycles. The molecule has 150 valence electrons. The van der Waals surface area contributed by atoms with E-state index in [0.29, 0.717) is 12.6 Å². The van der Waals surface area contributed by atoms with E-state index in [9.17, 15) is 4.79 Å². The molecule has 6 nitrogen and oxygen atoms in total. The normalized spacial score (nSPS) is 11.5. The molecule has 0 atom stereocenters. The Bertz CT molecular complexity index is 948. The van der Waals surface area contributed by atoms with E-state index in [0.717, 1.165) is 29.1 Å². The predicted molar refractivity (Wildman–Crippen MR) is 117 cm³/mol. The Morgan fingerprint density at radius 2 is 2.00 bits per heavy atom. The molecule has 0 aliphatic carbocycles. The van der Waals surface area contributed by atoms with Crippen LogP contribution in [-0.2, 0) is 4.79 Å². The summed E-state index contributed by atoms with van der Waals surface area (Å²) in [4.78, 5) is 18.6. The summed E-state index contributed by atoms with van der Waals surface area (Å²) < 4.78 is 1.82. The van der Waals surface area contributed by atoms with Gasteiger partial charge >= 0.3 is 0 Å². The van der Waals surface area contributed by atoms with Gasteiger partial charge in [0.1, 0.15) is 5.69 Å². The highest BCUT2D eigenvalue weighted by Gasteiger charge is 2.11. The fourth-order valence-corrected chi connectivity index (χ4v) is 2.79. The number of para-hydroxylation sites is 1. The smallest absolute Gasteiger partial charge is 0.244 e. The zero-order chi connectivity index (χ0) is 20.6. The molecule has 1 amide bonds. The van der Waals surface area contributed by atoms with Gasteiger partial charge in [-0.25, -0.2) is 4.68 Å². The Morgan fingerprint density at radius 1 is 1.21 bits per heavy atom. The number of nitrogens with zero attached hydrogens (tertiary/aromatic N) is 4. The molecule has 0 saturated heterocycles. The standard InChI is InChI=1S/C23H27N5O/c1-18(2)27(3)15-14-25-22(29)12-11-20-17-28(21-9-5-4-6-10-21)26-23(20)19-8-7-13-24-16-19/h4-13,16-18H,14-15H2,1-3H3,(H,25,29). The lowest BCUT2D eigenvalue weighted by Crippen LogP contribution is -2.35. The van der Waals surface area contributed by atoms with Gasteiger partial charge in [-0.3, -0.25) is 9.78 Å². The van der Waals surface area contributed by atoms with Crippen molar-refractivity contribution in [1.29, 1.82) is 0 Å². The Morgan fingerprint density at radius 3 is 2.69 bits per heavy atom. The van der Waals surface area contributed by atoms with Gasteiger partial charge in [-0.2, -0.15) is 5.10 Å². The maximum absolute atomic E-state index is 12.2. The third-order valence-electron chi connectivity index (χ3n) is 4.76. The summed E-state index contributed by atoms with van der Waals surface area (Å²) in [6.45, 7) is 5.68. The number of likely N-dealkylation sites (N-methyl/N-ethyl adjacent to an activating group) is 1. The first-order chi connectivity index (χ1) is 14.0. The number of pyridine rings is 1. The van der Waals surface area contributed by atoms with Gasteiger partial charge in [0.2, 0.25) is 5.91 Å². The molecular weight excluding hydrogens is 362 g/mol. The first kappa shape index (κ1) is 20.5. The lowest BCUT2D eigenvalue weighted by atomic mass is 10.1. The lowest BCUT2D eigenvalue weighted by molar-refractivity contribution is -0.116. The van der Waals surface area contributed by atoms with Gasteiger partial charge in [0.05, 0.1) is 5.69 Å². The van der Waals surface area contributed by atoms with Crippen LogP contribution in [0.25, 0.3) is 23.0 Å². The van der Waals surface area contributed by atoms with Crippen molar-refractivity contribution in [2.45, 2.75) is 19.9 Å². The van der Waals surface area contributed by atoms with E-state index in [1.807, 2.05) is 60.4 Å². The summed E-state index contributed by atoms with van der Waals surface area (Å²) >= 11 is 0. The average molecular weight is 390 g/mol. The van der Waals surface area contributed by atoms with Crippen LogP contribution in [0, 0.1) is 0 Å². The molecule has 0 bridgehead atoms. The van der Waals surface area contributed by atoms with E-state index in [2.05, 4.69) is 29.0 Å². The van der Waals surface area contributed by atoms with Crippen LogP contribution >= 0.6 is 0 Å². The number of hydrogen-bond acceptors (Lipinski definition) is 4. The summed E-state index contributed by atoms with van der Waals surface area (Å²) in [5, 5.41) is 7.65. The van der Waals surface area contributed by atoms with Gasteiger partial charge in [0.15, 0.2) is 0 Å². The second-order valence-electron chi connectivity index (χ2n) is 7.15. The van der Waals surface area contributed by atoms with Crippen LogP contribution in [0.1, 0.15) is 19.4 Å². The quantitative estimate of drug-likeness (QED) is 0.600. The molecule has 0 radical (unpaired) electrons. The van der Waals surface area contributed by atoms with Crippen LogP contribution in [-0.4, -0.2) is 51.8 Å². The molecule has 0 aliphatic rings. The van der Waals surface area contributed by atoms with Crippen LogP contribution in [0.15, 0.2) is 67.1 Å². The molecule has 3 aromatic rings. The van der Waals surface area contributed by atoms with E-state index in [-0.39, 0.29) is 5.91 Å². The van der Waals surface area contributed by atoms with Gasteiger partial charge in [0, 0.05) is 54.9 Å². The van der Waals surface area contributed by atoms with Crippen LogP contribution in [0.5, 0.6) is 0 Å². The number of rotatable bonds is 8. The van der Waals surface area contributed by atoms with Crippen molar-refractivity contribution in [1.82, 2.24) is 25.0 Å². The average Bonchev–Trinajstić information content (AvgIpc) is 3.17. The zero-order valence-corrected chi connectivity index (χ0v) is 17.1. The van der Waals surface area contributed by atoms with Crippen LogP contribution in [0.2, 0.25) is 0 Å². The molecule has 0 fully saturated rings. The SMILES string of the molecule is CC(C)N(C)CCNC(=O)C=Cc1cn(-c2ccccc2)nc1-c1cccnc1. The Hall–Kier alpha value is -3.25. The van der Waals surface area contributed by atoms with Gasteiger partial charge in [-0.15, -0.1) is 0 Å². The molecule has 2 heterocycles. The van der Waals surface area contributed by atoms with Crippen molar-refractivity contribution in [3.8, 4) is 16.9 Å². The Labute approximate surface area is 171 Å². The zero-order valence-electron chi connectivity index (χ0n) is 17.1. The molecule has 3 rings (SSSR count). The van der Waals surface area contributed by atoms with Crippen LogP contribution in [0.4, 0.5) is 0 Å². The second kappa shape index (κ2) is 9.80. The predicted octanol–water partition coefficient (Wildman–Crippen LogP) is 3.40. The Kier molecular flexibility index (Phi) is 6.92. The lowest BCUT2D eigenvalue weighted by Gasteiger charge is -2.20. The molecule has 1 aromatic carbocycles. The summed E-state index contributed by atoms with van der Waals surface area (Å²) in [5.41, 5.74) is 3.50. The van der Waals surface area contributed by atoms with Crippen molar-refractivity contribution in [2.24, 2.45) is 0 Å². The summed E-state index contributed by atoms with van der Waals surface area (Å²) in [6, 6.07) is 14.2. The minimum Gasteiger partial charge on any atom is -0.351 e. The van der Waals surface area contributed by atoms with Crippen molar-refractivity contribution in [3.63, 3.8) is 0 Å². The molecule has 0 spiro atoms. The van der Waals surface area contributed by atoms with E-state index in [1.54, 1.807) is 24.5 Å². The highest BCUT2D eigenvalue weighted by Crippen LogP contribution is 2.24. The monoisotopic (exact) mass is 389 g/mol. The molecule has 6 heteroatoms. The number of aromatic nitrogens is 3. The van der Waals surface area contributed by atoms with E-state index in [1.165, 1.54) is 0 Å². The fraction of sp³-hybridized carbons (Fsp3) is 0.261. The minimum atomic E-state index is -0.119. The van der Waals surface area contributed by atoms with Crippen LogP contribution in [0.3, 0.4) is 0 Å². The number of amides is 1. The van der Waals surface area contributed by atoms with Crippen molar-refractivity contribution < 1.29 is 4.79 Å². The number of carbonyl (C=O) groups is 1. The van der Waals surface area contributed by atoms with E-state index < -0.39 is 0 Å². The van der Waals surface area contributed by atoms with Crippen molar-refractivity contribution in [3.05, 3.63) is 72.7 Å². The number of benzene rings is 1. The maximum atomic E-state index is 12.2. The molecule has 2 aromatic heterocycles. The largest absolute Gasteiger partial charge is 0.351 e. The first-order valence-electron chi connectivity index (χ1n) is 9.76. The third-order valence-corrected chi connectivity index (χ3v) is 4.76. The van der Waals surface area contributed by atoms with Crippen molar-refractivity contribution >= 4 is 12.0 Å². The Balaban J connectivity index is 1.77. The van der Waals surface area contributed by atoms with Crippen LogP contribution < -0.4 is 5.32 Å². The van der Waals surface area contributed by atoms with E-state index >= 15 is 0 Å². The maximum Gasteiger partial charge on any atom is 0.244 e.